The minimum atomic E-state index is -0.845. The number of carbonyl (C=O) groups is 2. The van der Waals surface area contributed by atoms with Gasteiger partial charge in [0.25, 0.3) is 0 Å². The van der Waals surface area contributed by atoms with Gasteiger partial charge in [0.2, 0.25) is 5.91 Å². The van der Waals surface area contributed by atoms with Crippen LogP contribution in [0.15, 0.2) is 30.3 Å². The Morgan fingerprint density at radius 2 is 1.95 bits per heavy atom. The monoisotopic (exact) mass is 262 g/mol. The molecule has 0 aliphatic carbocycles. The lowest BCUT2D eigenvalue weighted by Crippen LogP contribution is -2.57. The standard InChI is InChI=1S/C14H18N2O3/c15-12(7-6-10-4-2-1-3-5-10)13(17)16-8-11(9-16)14(18)19/h1-5,11-12H,6-9,15H2,(H,18,19)/t12-/m0/s1. The number of aryl methyl sites for hydroxylation is 1. The van der Waals surface area contributed by atoms with E-state index >= 15 is 0 Å². The molecule has 0 bridgehead atoms. The Morgan fingerprint density at radius 1 is 1.32 bits per heavy atom. The van der Waals surface area contributed by atoms with E-state index in [-0.39, 0.29) is 19.0 Å². The second kappa shape index (κ2) is 5.84. The average Bonchev–Trinajstić information content (AvgIpc) is 2.34. The fourth-order valence-electron chi connectivity index (χ4n) is 2.14. The molecule has 0 aromatic heterocycles. The van der Waals surface area contributed by atoms with E-state index in [1.165, 1.54) is 4.90 Å². The van der Waals surface area contributed by atoms with Crippen LogP contribution in [0.2, 0.25) is 0 Å². The first-order valence-corrected chi connectivity index (χ1v) is 6.39. The van der Waals surface area contributed by atoms with Gasteiger partial charge in [0.15, 0.2) is 0 Å². The van der Waals surface area contributed by atoms with E-state index in [0.29, 0.717) is 6.42 Å². The van der Waals surface area contributed by atoms with Crippen molar-refractivity contribution >= 4 is 11.9 Å². The molecule has 0 unspecified atom stereocenters. The summed E-state index contributed by atoms with van der Waals surface area (Å²) in [6.45, 7) is 0.570. The minimum Gasteiger partial charge on any atom is -0.481 e. The van der Waals surface area contributed by atoms with Crippen LogP contribution < -0.4 is 5.73 Å². The molecular weight excluding hydrogens is 244 g/mol. The molecule has 5 heteroatoms. The maximum atomic E-state index is 11.9. The van der Waals surface area contributed by atoms with Gasteiger partial charge in [-0.15, -0.1) is 0 Å². The molecule has 0 saturated carbocycles. The summed E-state index contributed by atoms with van der Waals surface area (Å²) < 4.78 is 0. The predicted molar refractivity (Wildman–Crippen MR) is 70.4 cm³/mol. The Kier molecular flexibility index (Phi) is 4.16. The molecule has 5 nitrogen and oxygen atoms in total. The summed E-state index contributed by atoms with van der Waals surface area (Å²) in [7, 11) is 0. The smallest absolute Gasteiger partial charge is 0.310 e. The zero-order chi connectivity index (χ0) is 13.8. The number of amides is 1. The highest BCUT2D eigenvalue weighted by atomic mass is 16.4. The highest BCUT2D eigenvalue weighted by Crippen LogP contribution is 2.17. The van der Waals surface area contributed by atoms with Crippen molar-refractivity contribution in [1.29, 1.82) is 0 Å². The number of likely N-dealkylation sites (tertiary alicyclic amines) is 1. The zero-order valence-electron chi connectivity index (χ0n) is 10.7. The Hall–Kier alpha value is -1.88. The van der Waals surface area contributed by atoms with Crippen molar-refractivity contribution in [2.45, 2.75) is 18.9 Å². The number of aliphatic carboxylic acids is 1. The maximum Gasteiger partial charge on any atom is 0.310 e. The first-order valence-electron chi connectivity index (χ1n) is 6.39. The van der Waals surface area contributed by atoms with E-state index in [2.05, 4.69) is 0 Å². The molecule has 0 radical (unpaired) electrons. The van der Waals surface area contributed by atoms with Gasteiger partial charge < -0.3 is 15.7 Å². The number of hydrogen-bond acceptors (Lipinski definition) is 3. The third-order valence-electron chi connectivity index (χ3n) is 3.45. The largest absolute Gasteiger partial charge is 0.481 e. The van der Waals surface area contributed by atoms with E-state index in [4.69, 9.17) is 10.8 Å². The molecule has 1 aliphatic rings. The first-order chi connectivity index (χ1) is 9.08. The van der Waals surface area contributed by atoms with Crippen LogP contribution in [0.1, 0.15) is 12.0 Å². The number of nitrogens with zero attached hydrogens (tertiary/aromatic N) is 1. The van der Waals surface area contributed by atoms with Gasteiger partial charge >= 0.3 is 5.97 Å². The van der Waals surface area contributed by atoms with E-state index in [9.17, 15) is 9.59 Å². The van der Waals surface area contributed by atoms with Crippen LogP contribution in [0.3, 0.4) is 0 Å². The molecule has 1 fully saturated rings. The number of hydrogen-bond donors (Lipinski definition) is 2. The first kappa shape index (κ1) is 13.5. The highest BCUT2D eigenvalue weighted by Gasteiger charge is 2.37. The predicted octanol–water partition coefficient (Wildman–Crippen LogP) is 0.489. The third kappa shape index (κ3) is 3.32. The molecule has 1 aromatic carbocycles. The van der Waals surface area contributed by atoms with Crippen molar-refractivity contribution in [1.82, 2.24) is 4.90 Å². The summed E-state index contributed by atoms with van der Waals surface area (Å²) in [5, 5.41) is 8.75. The van der Waals surface area contributed by atoms with Crippen LogP contribution >= 0.6 is 0 Å². The van der Waals surface area contributed by atoms with Gasteiger partial charge in [-0.05, 0) is 18.4 Å². The lowest BCUT2D eigenvalue weighted by molar-refractivity contribution is -0.153. The molecule has 3 N–H and O–H groups in total. The summed E-state index contributed by atoms with van der Waals surface area (Å²) >= 11 is 0. The summed E-state index contributed by atoms with van der Waals surface area (Å²) in [5.41, 5.74) is 7.01. The van der Waals surface area contributed by atoms with Crippen molar-refractivity contribution in [2.75, 3.05) is 13.1 Å². The molecule has 1 heterocycles. The highest BCUT2D eigenvalue weighted by molar-refractivity contribution is 5.84. The summed E-state index contributed by atoms with van der Waals surface area (Å²) in [5.74, 6) is -1.42. The van der Waals surface area contributed by atoms with Crippen LogP contribution in [0.25, 0.3) is 0 Å². The van der Waals surface area contributed by atoms with Crippen molar-refractivity contribution in [3.8, 4) is 0 Å². The molecular formula is C14H18N2O3. The number of carboxylic acids is 1. The molecule has 1 saturated heterocycles. The van der Waals surface area contributed by atoms with Gasteiger partial charge in [0.1, 0.15) is 0 Å². The second-order valence-corrected chi connectivity index (χ2v) is 4.91. The number of nitrogens with two attached hydrogens (primary N) is 1. The molecule has 1 aliphatic heterocycles. The van der Waals surface area contributed by atoms with Crippen LogP contribution in [0.4, 0.5) is 0 Å². The number of carboxylic acid groups (broad SMARTS) is 1. The Morgan fingerprint density at radius 3 is 2.53 bits per heavy atom. The molecule has 102 valence electrons. The summed E-state index contributed by atoms with van der Waals surface area (Å²) in [4.78, 5) is 24.1. The Balaban J connectivity index is 1.76. The number of carbonyl (C=O) groups excluding carboxylic acids is 1. The molecule has 0 spiro atoms. The minimum absolute atomic E-state index is 0.145. The summed E-state index contributed by atoms with van der Waals surface area (Å²) in [6, 6.07) is 9.31. The number of benzene rings is 1. The topological polar surface area (TPSA) is 83.6 Å². The second-order valence-electron chi connectivity index (χ2n) is 4.91. The van der Waals surface area contributed by atoms with Crippen molar-refractivity contribution in [2.24, 2.45) is 11.7 Å². The van der Waals surface area contributed by atoms with Crippen molar-refractivity contribution < 1.29 is 14.7 Å². The van der Waals surface area contributed by atoms with Gasteiger partial charge in [-0.1, -0.05) is 30.3 Å². The quantitative estimate of drug-likeness (QED) is 0.809. The fraction of sp³-hybridized carbons (Fsp3) is 0.429. The van der Waals surface area contributed by atoms with Gasteiger partial charge in [0, 0.05) is 13.1 Å². The zero-order valence-corrected chi connectivity index (χ0v) is 10.7. The normalized spacial score (nSPS) is 16.8. The van der Waals surface area contributed by atoms with E-state index < -0.39 is 17.9 Å². The molecule has 19 heavy (non-hydrogen) atoms. The van der Waals surface area contributed by atoms with E-state index in [1.807, 2.05) is 30.3 Å². The molecule has 1 aromatic rings. The summed E-state index contributed by atoms with van der Waals surface area (Å²) in [6.07, 6.45) is 1.33. The lowest BCUT2D eigenvalue weighted by atomic mass is 9.98. The van der Waals surface area contributed by atoms with Gasteiger partial charge in [0.05, 0.1) is 12.0 Å². The molecule has 1 atom stereocenters. The number of rotatable bonds is 5. The van der Waals surface area contributed by atoms with E-state index in [1.54, 1.807) is 0 Å². The van der Waals surface area contributed by atoms with Gasteiger partial charge in [-0.25, -0.2) is 0 Å². The Bertz CT molecular complexity index is 455. The van der Waals surface area contributed by atoms with Crippen LogP contribution in [-0.2, 0) is 16.0 Å². The third-order valence-corrected chi connectivity index (χ3v) is 3.45. The van der Waals surface area contributed by atoms with Gasteiger partial charge in [-0.3, -0.25) is 9.59 Å². The average molecular weight is 262 g/mol. The SMILES string of the molecule is N[C@@H](CCc1ccccc1)C(=O)N1CC(C(=O)O)C1. The Labute approximate surface area is 112 Å². The molecule has 1 amide bonds. The van der Waals surface area contributed by atoms with Crippen LogP contribution in [-0.4, -0.2) is 41.0 Å². The lowest BCUT2D eigenvalue weighted by Gasteiger charge is -2.38. The van der Waals surface area contributed by atoms with Crippen molar-refractivity contribution in [3.63, 3.8) is 0 Å². The van der Waals surface area contributed by atoms with Crippen LogP contribution in [0.5, 0.6) is 0 Å². The van der Waals surface area contributed by atoms with Crippen molar-refractivity contribution in [3.05, 3.63) is 35.9 Å². The maximum absolute atomic E-state index is 11.9. The van der Waals surface area contributed by atoms with Gasteiger partial charge in [-0.2, -0.15) is 0 Å². The fourth-order valence-corrected chi connectivity index (χ4v) is 2.14. The molecule has 2 rings (SSSR count). The van der Waals surface area contributed by atoms with E-state index in [0.717, 1.165) is 12.0 Å². The van der Waals surface area contributed by atoms with Crippen LogP contribution in [0, 0.1) is 5.92 Å².